The average Bonchev–Trinajstić information content (AvgIpc) is 3.28. The summed E-state index contributed by atoms with van der Waals surface area (Å²) in [6, 6.07) is 19.3. The van der Waals surface area contributed by atoms with Gasteiger partial charge in [0.25, 0.3) is 0 Å². The van der Waals surface area contributed by atoms with Gasteiger partial charge in [-0.2, -0.15) is 0 Å². The fourth-order valence-electron chi connectivity index (χ4n) is 3.29. The first-order valence-corrected chi connectivity index (χ1v) is 8.64. The van der Waals surface area contributed by atoms with Crippen molar-refractivity contribution in [2.24, 2.45) is 0 Å². The van der Waals surface area contributed by atoms with Crippen molar-refractivity contribution in [3.8, 4) is 11.5 Å². The number of imidazole rings is 1. The van der Waals surface area contributed by atoms with Crippen LogP contribution < -0.4 is 10.4 Å². The number of aromatic nitrogens is 4. The van der Waals surface area contributed by atoms with E-state index in [1.54, 1.807) is 10.8 Å². The molecule has 6 heteroatoms. The molecule has 0 amide bonds. The van der Waals surface area contributed by atoms with Crippen molar-refractivity contribution in [2.75, 3.05) is 0 Å². The van der Waals surface area contributed by atoms with Crippen LogP contribution in [0.25, 0.3) is 22.1 Å². The molecule has 0 fully saturated rings. The molecule has 0 aliphatic heterocycles. The van der Waals surface area contributed by atoms with Crippen molar-refractivity contribution in [1.29, 1.82) is 0 Å². The molecule has 5 rings (SSSR count). The zero-order valence-corrected chi connectivity index (χ0v) is 14.3. The molecule has 6 nitrogen and oxygen atoms in total. The van der Waals surface area contributed by atoms with E-state index < -0.39 is 0 Å². The van der Waals surface area contributed by atoms with Crippen molar-refractivity contribution < 1.29 is 4.74 Å². The Morgan fingerprint density at radius 3 is 2.74 bits per heavy atom. The zero-order chi connectivity index (χ0) is 18.2. The number of benzene rings is 2. The fraction of sp³-hybridized carbons (Fsp3) is 0.0476. The highest BCUT2D eigenvalue weighted by Gasteiger charge is 2.12. The van der Waals surface area contributed by atoms with Crippen LogP contribution in [0.3, 0.4) is 0 Å². The van der Waals surface area contributed by atoms with Gasteiger partial charge in [-0.25, -0.2) is 9.78 Å². The number of nitrogens with one attached hydrogen (secondary N) is 2. The molecule has 2 aromatic carbocycles. The van der Waals surface area contributed by atoms with E-state index >= 15 is 0 Å². The molecule has 0 saturated carbocycles. The van der Waals surface area contributed by atoms with Gasteiger partial charge in [0, 0.05) is 11.6 Å². The molecule has 0 atom stereocenters. The van der Waals surface area contributed by atoms with Gasteiger partial charge in [-0.15, -0.1) is 0 Å². The van der Waals surface area contributed by atoms with Crippen molar-refractivity contribution in [2.45, 2.75) is 6.54 Å². The molecule has 27 heavy (non-hydrogen) atoms. The van der Waals surface area contributed by atoms with E-state index in [1.807, 2.05) is 66.9 Å². The largest absolute Gasteiger partial charge is 0.457 e. The second-order valence-electron chi connectivity index (χ2n) is 6.34. The molecule has 0 bridgehead atoms. The van der Waals surface area contributed by atoms with Crippen LogP contribution >= 0.6 is 0 Å². The van der Waals surface area contributed by atoms with E-state index in [0.717, 1.165) is 39.1 Å². The molecule has 3 heterocycles. The highest BCUT2D eigenvalue weighted by atomic mass is 16.5. The van der Waals surface area contributed by atoms with Crippen LogP contribution in [0.5, 0.6) is 11.5 Å². The minimum absolute atomic E-state index is 0.158. The third-order valence-corrected chi connectivity index (χ3v) is 4.55. The maximum Gasteiger partial charge on any atom is 0.326 e. The zero-order valence-electron chi connectivity index (χ0n) is 14.3. The number of para-hydroxylation sites is 1. The number of H-pyrrole nitrogens is 2. The first-order valence-electron chi connectivity index (χ1n) is 8.64. The molecule has 0 saturated heterocycles. The topological polar surface area (TPSA) is 75.7 Å². The Kier molecular flexibility index (Phi) is 3.53. The summed E-state index contributed by atoms with van der Waals surface area (Å²) in [6.45, 7) is 0.433. The Bertz CT molecular complexity index is 1300. The third kappa shape index (κ3) is 2.77. The van der Waals surface area contributed by atoms with Gasteiger partial charge < -0.3 is 14.7 Å². The molecule has 2 N–H and O–H groups in total. The van der Waals surface area contributed by atoms with Crippen LogP contribution in [-0.4, -0.2) is 19.5 Å². The summed E-state index contributed by atoms with van der Waals surface area (Å²) in [4.78, 5) is 22.9. The van der Waals surface area contributed by atoms with Gasteiger partial charge in [0.15, 0.2) is 0 Å². The first kappa shape index (κ1) is 15.5. The molecule has 0 aliphatic rings. The van der Waals surface area contributed by atoms with Crippen LogP contribution in [0.15, 0.2) is 77.9 Å². The van der Waals surface area contributed by atoms with Crippen molar-refractivity contribution in [3.05, 3.63) is 89.1 Å². The summed E-state index contributed by atoms with van der Waals surface area (Å²) in [5.41, 5.74) is 3.15. The number of aromatic amines is 2. The Hall–Kier alpha value is -3.80. The second kappa shape index (κ2) is 6.17. The molecule has 3 aromatic heterocycles. The fourth-order valence-corrected chi connectivity index (χ4v) is 3.29. The maximum absolute atomic E-state index is 12.5. The Labute approximate surface area is 154 Å². The van der Waals surface area contributed by atoms with E-state index in [1.165, 1.54) is 0 Å². The normalized spacial score (nSPS) is 11.3. The molecule has 0 radical (unpaired) electrons. The Morgan fingerprint density at radius 1 is 1.00 bits per heavy atom. The van der Waals surface area contributed by atoms with Gasteiger partial charge in [-0.3, -0.25) is 4.57 Å². The number of hydrogen-bond acceptors (Lipinski definition) is 3. The monoisotopic (exact) mass is 356 g/mol. The minimum atomic E-state index is -0.158. The highest BCUT2D eigenvalue weighted by molar-refractivity contribution is 6.00. The number of ether oxygens (including phenoxy) is 1. The number of pyridine rings is 1. The summed E-state index contributed by atoms with van der Waals surface area (Å²) in [5, 5.41) is 0.907. The van der Waals surface area contributed by atoms with Gasteiger partial charge in [-0.05, 0) is 35.9 Å². The smallest absolute Gasteiger partial charge is 0.326 e. The molecule has 5 aromatic rings. The van der Waals surface area contributed by atoms with E-state index in [4.69, 9.17) is 4.74 Å². The Balaban J connectivity index is 1.51. The van der Waals surface area contributed by atoms with Gasteiger partial charge in [0.05, 0.1) is 23.8 Å². The molecular formula is C21H16N4O2. The molecule has 0 unspecified atom stereocenters. The van der Waals surface area contributed by atoms with Crippen LogP contribution in [0, 0.1) is 0 Å². The van der Waals surface area contributed by atoms with Crippen LogP contribution in [0.2, 0.25) is 0 Å². The van der Waals surface area contributed by atoms with Gasteiger partial charge in [0.2, 0.25) is 0 Å². The second-order valence-corrected chi connectivity index (χ2v) is 6.34. The lowest BCUT2D eigenvalue weighted by Gasteiger charge is -2.08. The predicted molar refractivity (Wildman–Crippen MR) is 104 cm³/mol. The molecule has 132 valence electrons. The highest BCUT2D eigenvalue weighted by Crippen LogP contribution is 2.24. The summed E-state index contributed by atoms with van der Waals surface area (Å²) >= 11 is 0. The van der Waals surface area contributed by atoms with E-state index in [2.05, 4.69) is 15.0 Å². The molecular weight excluding hydrogens is 340 g/mol. The standard InChI is InChI=1S/C21H16N4O2/c26-21-24-19-17-9-10-22-20(17)23-12-18(19)25(21)13-14-5-4-8-16(11-14)27-15-6-2-1-3-7-15/h1-12H,13H2,(H,22,23)(H,24,26). The van der Waals surface area contributed by atoms with Crippen molar-refractivity contribution in [3.63, 3.8) is 0 Å². The van der Waals surface area contributed by atoms with E-state index in [-0.39, 0.29) is 5.69 Å². The maximum atomic E-state index is 12.5. The van der Waals surface area contributed by atoms with E-state index in [0.29, 0.717) is 6.54 Å². The number of rotatable bonds is 4. The quantitative estimate of drug-likeness (QED) is 0.510. The lowest BCUT2D eigenvalue weighted by Crippen LogP contribution is -2.17. The van der Waals surface area contributed by atoms with Gasteiger partial charge in [-0.1, -0.05) is 30.3 Å². The Morgan fingerprint density at radius 2 is 1.85 bits per heavy atom. The molecule has 0 spiro atoms. The number of fused-ring (bicyclic) bond motifs is 3. The lowest BCUT2D eigenvalue weighted by atomic mass is 10.2. The van der Waals surface area contributed by atoms with E-state index in [9.17, 15) is 4.79 Å². The summed E-state index contributed by atoms with van der Waals surface area (Å²) in [5.74, 6) is 1.51. The van der Waals surface area contributed by atoms with Crippen LogP contribution in [0.4, 0.5) is 0 Å². The third-order valence-electron chi connectivity index (χ3n) is 4.55. The lowest BCUT2D eigenvalue weighted by molar-refractivity contribution is 0.481. The molecule has 0 aliphatic carbocycles. The number of nitrogens with zero attached hydrogens (tertiary/aromatic N) is 2. The average molecular weight is 356 g/mol. The van der Waals surface area contributed by atoms with Crippen molar-refractivity contribution >= 4 is 22.1 Å². The predicted octanol–water partition coefficient (Wildman–Crippen LogP) is 4.05. The summed E-state index contributed by atoms with van der Waals surface area (Å²) in [7, 11) is 0. The van der Waals surface area contributed by atoms with Crippen molar-refractivity contribution in [1.82, 2.24) is 19.5 Å². The number of hydrogen-bond donors (Lipinski definition) is 2. The first-order chi connectivity index (χ1) is 13.3. The minimum Gasteiger partial charge on any atom is -0.457 e. The van der Waals surface area contributed by atoms with Gasteiger partial charge >= 0.3 is 5.69 Å². The SMILES string of the molecule is O=c1[nH]c2c3cc[nH]c3ncc2n1Cc1cccc(Oc2ccccc2)c1. The van der Waals surface area contributed by atoms with Crippen LogP contribution in [-0.2, 0) is 6.54 Å². The summed E-state index contributed by atoms with van der Waals surface area (Å²) in [6.07, 6.45) is 3.54. The van der Waals surface area contributed by atoms with Crippen LogP contribution in [0.1, 0.15) is 5.56 Å². The van der Waals surface area contributed by atoms with Gasteiger partial charge in [0.1, 0.15) is 17.1 Å². The summed E-state index contributed by atoms with van der Waals surface area (Å²) < 4.78 is 7.58.